The Balaban J connectivity index is 1.52. The molecule has 3 heteroatoms. The van der Waals surface area contributed by atoms with Crippen molar-refractivity contribution >= 4 is 64.0 Å². The van der Waals surface area contributed by atoms with Crippen molar-refractivity contribution in [2.24, 2.45) is 0 Å². The molecular formula is C33H20N2S. The minimum Gasteiger partial charge on any atom is -0.317 e. The number of aromatic nitrogens is 2. The molecule has 0 amide bonds. The molecular weight excluding hydrogens is 456 g/mol. The fraction of sp³-hybridized carbons (Fsp3) is 0. The zero-order valence-corrected chi connectivity index (χ0v) is 20.2. The third-order valence-electron chi connectivity index (χ3n) is 7.27. The third kappa shape index (κ3) is 2.87. The van der Waals surface area contributed by atoms with E-state index in [2.05, 4.69) is 113 Å². The van der Waals surface area contributed by atoms with Crippen LogP contribution in [0.5, 0.6) is 0 Å². The third-order valence-corrected chi connectivity index (χ3v) is 8.40. The van der Waals surface area contributed by atoms with Crippen LogP contribution < -0.4 is 0 Å². The van der Waals surface area contributed by atoms with Gasteiger partial charge in [-0.15, -0.1) is 11.3 Å². The van der Waals surface area contributed by atoms with Crippen LogP contribution >= 0.6 is 11.3 Å². The Bertz CT molecular complexity index is 2080. The summed E-state index contributed by atoms with van der Waals surface area (Å²) in [5.41, 5.74) is 4.75. The predicted octanol–water partition coefficient (Wildman–Crippen LogP) is 9.37. The molecule has 0 atom stereocenters. The minimum absolute atomic E-state index is 1.14. The number of thiophene rings is 1. The first kappa shape index (κ1) is 19.8. The lowest BCUT2D eigenvalue weighted by Gasteiger charge is -2.13. The lowest BCUT2D eigenvalue weighted by molar-refractivity contribution is 1.13. The largest absolute Gasteiger partial charge is 0.317 e. The molecule has 0 saturated heterocycles. The Morgan fingerprint density at radius 1 is 0.583 bits per heavy atom. The molecule has 0 aliphatic heterocycles. The van der Waals surface area contributed by atoms with Gasteiger partial charge in [0.2, 0.25) is 0 Å². The highest BCUT2D eigenvalue weighted by atomic mass is 32.1. The summed E-state index contributed by atoms with van der Waals surface area (Å²) in [5, 5.41) is 8.99. The maximum Gasteiger partial charge on any atom is 0.0534 e. The highest BCUT2D eigenvalue weighted by Crippen LogP contribution is 2.42. The van der Waals surface area contributed by atoms with Gasteiger partial charge in [0, 0.05) is 55.4 Å². The number of para-hydroxylation sites is 1. The second kappa shape index (κ2) is 7.51. The fourth-order valence-electron chi connectivity index (χ4n) is 5.58. The highest BCUT2D eigenvalue weighted by molar-refractivity contribution is 7.25. The second-order valence-electron chi connectivity index (χ2n) is 9.31. The van der Waals surface area contributed by atoms with E-state index in [-0.39, 0.29) is 0 Å². The van der Waals surface area contributed by atoms with Crippen molar-refractivity contribution < 1.29 is 0 Å². The van der Waals surface area contributed by atoms with Gasteiger partial charge in [0.1, 0.15) is 0 Å². The minimum atomic E-state index is 1.14. The summed E-state index contributed by atoms with van der Waals surface area (Å²) >= 11 is 1.88. The lowest BCUT2D eigenvalue weighted by Crippen LogP contribution is -1.91. The molecule has 0 bridgehead atoms. The van der Waals surface area contributed by atoms with Crippen molar-refractivity contribution in [1.29, 1.82) is 0 Å². The maximum atomic E-state index is 4.44. The molecule has 36 heavy (non-hydrogen) atoms. The zero-order chi connectivity index (χ0) is 23.6. The predicted molar refractivity (Wildman–Crippen MR) is 154 cm³/mol. The average Bonchev–Trinajstić information content (AvgIpc) is 3.52. The Morgan fingerprint density at radius 2 is 1.47 bits per heavy atom. The van der Waals surface area contributed by atoms with Gasteiger partial charge in [-0.25, -0.2) is 0 Å². The number of hydrogen-bond acceptors (Lipinski definition) is 2. The van der Waals surface area contributed by atoms with E-state index in [4.69, 9.17) is 0 Å². The first-order valence-electron chi connectivity index (χ1n) is 12.1. The maximum absolute atomic E-state index is 4.44. The van der Waals surface area contributed by atoms with Crippen molar-refractivity contribution in [1.82, 2.24) is 9.55 Å². The quantitative estimate of drug-likeness (QED) is 0.227. The van der Waals surface area contributed by atoms with E-state index in [1.54, 1.807) is 0 Å². The van der Waals surface area contributed by atoms with Gasteiger partial charge in [-0.05, 0) is 87.8 Å². The van der Waals surface area contributed by atoms with Gasteiger partial charge in [-0.3, -0.25) is 4.98 Å². The van der Waals surface area contributed by atoms with E-state index in [1.165, 1.54) is 63.9 Å². The van der Waals surface area contributed by atoms with E-state index in [1.807, 2.05) is 29.8 Å². The first-order chi connectivity index (χ1) is 17.8. The molecule has 168 valence electrons. The Labute approximate surface area is 211 Å². The number of nitrogens with zero attached hydrogens (tertiary/aromatic N) is 2. The molecule has 3 aromatic heterocycles. The van der Waals surface area contributed by atoms with Gasteiger partial charge < -0.3 is 4.57 Å². The molecule has 8 rings (SSSR count). The van der Waals surface area contributed by atoms with E-state index in [0.29, 0.717) is 0 Å². The first-order valence-corrected chi connectivity index (χ1v) is 12.9. The molecule has 0 unspecified atom stereocenters. The van der Waals surface area contributed by atoms with Gasteiger partial charge in [0.05, 0.1) is 5.52 Å². The Kier molecular flexibility index (Phi) is 4.13. The standard InChI is InChI=1S/C33H20N2S/c1-2-8-24(9-3-1)35-14-12-21-15-27-23(17-31(21)35)16-26(22-7-6-13-34-20-22)28-18-30-25-10-4-5-11-32(25)36-33(30)19-29(27)28/h1-20H. The van der Waals surface area contributed by atoms with Gasteiger partial charge in [0.25, 0.3) is 0 Å². The molecule has 0 N–H and O–H groups in total. The molecule has 5 aromatic carbocycles. The number of rotatable bonds is 2. The monoisotopic (exact) mass is 476 g/mol. The molecule has 0 spiro atoms. The van der Waals surface area contributed by atoms with E-state index in [0.717, 1.165) is 5.56 Å². The van der Waals surface area contributed by atoms with Crippen LogP contribution in [0.4, 0.5) is 0 Å². The summed E-state index contributed by atoms with van der Waals surface area (Å²) in [7, 11) is 0. The Hall–Kier alpha value is -4.47. The molecule has 0 fully saturated rings. The van der Waals surface area contributed by atoms with Crippen molar-refractivity contribution in [2.45, 2.75) is 0 Å². The van der Waals surface area contributed by atoms with Crippen LogP contribution in [0.15, 0.2) is 122 Å². The summed E-state index contributed by atoms with van der Waals surface area (Å²) in [6.07, 6.45) is 5.99. The zero-order valence-electron chi connectivity index (χ0n) is 19.3. The number of benzene rings is 5. The van der Waals surface area contributed by atoms with Gasteiger partial charge in [-0.2, -0.15) is 0 Å². The molecule has 0 aliphatic carbocycles. The number of hydrogen-bond donors (Lipinski definition) is 0. The molecule has 3 heterocycles. The Morgan fingerprint density at radius 3 is 2.36 bits per heavy atom. The number of fused-ring (bicyclic) bond motifs is 7. The van der Waals surface area contributed by atoms with Crippen molar-refractivity contribution in [3.8, 4) is 16.8 Å². The van der Waals surface area contributed by atoms with Crippen LogP contribution in [0.3, 0.4) is 0 Å². The smallest absolute Gasteiger partial charge is 0.0534 e. The van der Waals surface area contributed by atoms with Gasteiger partial charge in [-0.1, -0.05) is 42.5 Å². The topological polar surface area (TPSA) is 17.8 Å². The highest BCUT2D eigenvalue weighted by Gasteiger charge is 2.15. The van der Waals surface area contributed by atoms with Crippen molar-refractivity contribution in [2.75, 3.05) is 0 Å². The van der Waals surface area contributed by atoms with E-state index < -0.39 is 0 Å². The van der Waals surface area contributed by atoms with E-state index in [9.17, 15) is 0 Å². The fourth-order valence-corrected chi connectivity index (χ4v) is 6.70. The second-order valence-corrected chi connectivity index (χ2v) is 10.4. The summed E-state index contributed by atoms with van der Waals surface area (Å²) < 4.78 is 4.94. The van der Waals surface area contributed by atoms with Crippen molar-refractivity contribution in [3.63, 3.8) is 0 Å². The van der Waals surface area contributed by atoms with Gasteiger partial charge in [0.15, 0.2) is 0 Å². The molecule has 8 aromatic rings. The molecule has 0 radical (unpaired) electrons. The van der Waals surface area contributed by atoms with Crippen LogP contribution in [0.25, 0.3) is 69.4 Å². The molecule has 2 nitrogen and oxygen atoms in total. The SMILES string of the molecule is c1ccc(-n2ccc3cc4c(cc(-c5cccnc5)c5cc6c(cc54)sc4ccccc46)cc32)cc1. The van der Waals surface area contributed by atoms with Crippen LogP contribution in [0, 0.1) is 0 Å². The summed E-state index contributed by atoms with van der Waals surface area (Å²) in [4.78, 5) is 4.44. The van der Waals surface area contributed by atoms with Crippen LogP contribution in [-0.2, 0) is 0 Å². The summed E-state index contributed by atoms with van der Waals surface area (Å²) in [5.74, 6) is 0. The van der Waals surface area contributed by atoms with Crippen LogP contribution in [0.1, 0.15) is 0 Å². The van der Waals surface area contributed by atoms with Crippen LogP contribution in [0.2, 0.25) is 0 Å². The normalized spacial score (nSPS) is 11.9. The molecule has 0 saturated carbocycles. The van der Waals surface area contributed by atoms with Crippen LogP contribution in [-0.4, -0.2) is 9.55 Å². The number of pyridine rings is 1. The summed E-state index contributed by atoms with van der Waals surface area (Å²) in [6.45, 7) is 0. The van der Waals surface area contributed by atoms with E-state index >= 15 is 0 Å². The summed E-state index contributed by atoms with van der Waals surface area (Å²) in [6, 6.07) is 37.5. The molecule has 0 aliphatic rings. The average molecular weight is 477 g/mol. The lowest BCUT2D eigenvalue weighted by atomic mass is 9.92. The van der Waals surface area contributed by atoms with Crippen molar-refractivity contribution in [3.05, 3.63) is 122 Å². The van der Waals surface area contributed by atoms with Gasteiger partial charge >= 0.3 is 0 Å².